The second kappa shape index (κ2) is 10.2. The van der Waals surface area contributed by atoms with Crippen LogP contribution in [0.1, 0.15) is 38.3 Å². The largest absolute Gasteiger partial charge is 0.490 e. The highest BCUT2D eigenvalue weighted by Crippen LogP contribution is 2.38. The van der Waals surface area contributed by atoms with Gasteiger partial charge >= 0.3 is 5.97 Å². The molecular formula is C22H20BrClINO4. The smallest absolute Gasteiger partial charge is 0.363 e. The van der Waals surface area contributed by atoms with Crippen LogP contribution < -0.4 is 9.47 Å². The van der Waals surface area contributed by atoms with Crippen LogP contribution in [-0.4, -0.2) is 24.6 Å². The van der Waals surface area contributed by atoms with Gasteiger partial charge in [-0.1, -0.05) is 18.5 Å². The minimum Gasteiger partial charge on any atom is -0.490 e. The third kappa shape index (κ3) is 5.36. The van der Waals surface area contributed by atoms with Crippen molar-refractivity contribution in [3.8, 4) is 11.5 Å². The Morgan fingerprint density at radius 1 is 1.30 bits per heavy atom. The van der Waals surface area contributed by atoms with Crippen LogP contribution in [0.25, 0.3) is 6.08 Å². The number of cyclic esters (lactones) is 1. The topological polar surface area (TPSA) is 57.1 Å². The predicted molar refractivity (Wildman–Crippen MR) is 130 cm³/mol. The fraction of sp³-hybridized carbons (Fsp3) is 0.273. The number of aliphatic imine (C=N–C) groups is 1. The summed E-state index contributed by atoms with van der Waals surface area (Å²) in [5, 5.41) is 0.408. The van der Waals surface area contributed by atoms with Crippen molar-refractivity contribution in [2.75, 3.05) is 6.61 Å². The molecule has 158 valence electrons. The molecule has 2 aromatic carbocycles. The highest BCUT2D eigenvalue weighted by atomic mass is 127. The lowest BCUT2D eigenvalue weighted by Crippen LogP contribution is -2.11. The standard InChI is InChI=1S/C22H20BrClINO4/c1-4-12(3)29-20-16(24)8-13(10-19(20)28-5-2)9-18-22(27)30-21(26-18)14-6-7-17(25)15(23)11-14/h6-12H,4-5H2,1-3H3/b18-9-. The van der Waals surface area contributed by atoms with Crippen LogP contribution in [0.15, 0.2) is 45.5 Å². The minimum absolute atomic E-state index is 0.00358. The molecule has 1 atom stereocenters. The molecule has 8 heteroatoms. The molecule has 0 saturated heterocycles. The van der Waals surface area contributed by atoms with Gasteiger partial charge in [0.05, 0.1) is 17.7 Å². The van der Waals surface area contributed by atoms with Gasteiger partial charge in [0.15, 0.2) is 17.2 Å². The van der Waals surface area contributed by atoms with Gasteiger partial charge in [-0.25, -0.2) is 9.79 Å². The SMILES string of the molecule is CCOc1cc(/C=C2\N=C(c3ccc(I)c(Br)c3)OC2=O)cc(Cl)c1OC(C)CC. The van der Waals surface area contributed by atoms with Crippen LogP contribution in [0.2, 0.25) is 5.02 Å². The number of carbonyl (C=O) groups excluding carboxylic acids is 1. The average molecular weight is 605 g/mol. The summed E-state index contributed by atoms with van der Waals surface area (Å²) in [5.74, 6) is 0.760. The minimum atomic E-state index is -0.520. The maximum Gasteiger partial charge on any atom is 0.363 e. The predicted octanol–water partition coefficient (Wildman–Crippen LogP) is 6.63. The number of nitrogens with zero attached hydrogens (tertiary/aromatic N) is 1. The molecule has 3 rings (SSSR count). The van der Waals surface area contributed by atoms with Crippen molar-refractivity contribution >= 4 is 68.1 Å². The van der Waals surface area contributed by atoms with Gasteiger partial charge in [-0.15, -0.1) is 0 Å². The first-order valence-corrected chi connectivity index (χ1v) is 11.7. The lowest BCUT2D eigenvalue weighted by Gasteiger charge is -2.18. The van der Waals surface area contributed by atoms with Gasteiger partial charge in [0.1, 0.15) is 0 Å². The zero-order valence-corrected chi connectivity index (χ0v) is 21.2. The molecule has 1 aliphatic heterocycles. The first-order chi connectivity index (χ1) is 14.3. The van der Waals surface area contributed by atoms with Crippen LogP contribution in [0.4, 0.5) is 0 Å². The molecule has 0 fully saturated rings. The van der Waals surface area contributed by atoms with E-state index in [9.17, 15) is 4.79 Å². The Bertz CT molecular complexity index is 1040. The number of ether oxygens (including phenoxy) is 3. The third-order valence-electron chi connectivity index (χ3n) is 4.32. The third-order valence-corrected chi connectivity index (χ3v) is 6.93. The Labute approximate surface area is 202 Å². The van der Waals surface area contributed by atoms with Crippen LogP contribution in [0.3, 0.4) is 0 Å². The summed E-state index contributed by atoms with van der Waals surface area (Å²) in [6.45, 7) is 6.34. The first-order valence-electron chi connectivity index (χ1n) is 9.43. The molecule has 30 heavy (non-hydrogen) atoms. The summed E-state index contributed by atoms with van der Waals surface area (Å²) in [6.07, 6.45) is 2.46. The Morgan fingerprint density at radius 3 is 2.73 bits per heavy atom. The Balaban J connectivity index is 1.96. The van der Waals surface area contributed by atoms with Crippen molar-refractivity contribution in [2.24, 2.45) is 4.99 Å². The van der Waals surface area contributed by atoms with E-state index in [0.29, 0.717) is 34.3 Å². The van der Waals surface area contributed by atoms with Gasteiger partial charge in [0.2, 0.25) is 5.90 Å². The molecule has 0 saturated carbocycles. The summed E-state index contributed by atoms with van der Waals surface area (Å²) in [6, 6.07) is 9.14. The molecule has 2 aromatic rings. The first kappa shape index (κ1) is 23.1. The summed E-state index contributed by atoms with van der Waals surface area (Å²) >= 11 is 12.1. The van der Waals surface area contributed by atoms with E-state index in [1.807, 2.05) is 39.0 Å². The fourth-order valence-corrected chi connectivity index (χ4v) is 3.63. The van der Waals surface area contributed by atoms with Crippen molar-refractivity contribution in [1.82, 2.24) is 0 Å². The quantitative estimate of drug-likeness (QED) is 0.202. The number of halogens is 3. The fourth-order valence-electron chi connectivity index (χ4n) is 2.65. The average Bonchev–Trinajstić information content (AvgIpc) is 3.07. The lowest BCUT2D eigenvalue weighted by atomic mass is 10.1. The molecule has 0 N–H and O–H groups in total. The number of hydrogen-bond acceptors (Lipinski definition) is 5. The molecule has 0 amide bonds. The van der Waals surface area contributed by atoms with Gasteiger partial charge in [-0.2, -0.15) is 0 Å². The van der Waals surface area contributed by atoms with Gasteiger partial charge in [0.25, 0.3) is 0 Å². The highest BCUT2D eigenvalue weighted by molar-refractivity contribution is 14.1. The van der Waals surface area contributed by atoms with E-state index in [0.717, 1.165) is 14.5 Å². The van der Waals surface area contributed by atoms with Gasteiger partial charge in [0, 0.05) is 13.6 Å². The molecule has 0 aromatic heterocycles. The summed E-state index contributed by atoms with van der Waals surface area (Å²) < 4.78 is 18.9. The number of hydrogen-bond donors (Lipinski definition) is 0. The zero-order chi connectivity index (χ0) is 21.8. The maximum atomic E-state index is 12.4. The van der Waals surface area contributed by atoms with Gasteiger partial charge in [-0.3, -0.25) is 0 Å². The molecule has 1 heterocycles. The van der Waals surface area contributed by atoms with Crippen LogP contribution in [0.5, 0.6) is 11.5 Å². The molecule has 0 radical (unpaired) electrons. The summed E-state index contributed by atoms with van der Waals surface area (Å²) in [4.78, 5) is 16.7. The van der Waals surface area contributed by atoms with Crippen molar-refractivity contribution in [3.63, 3.8) is 0 Å². The Hall–Kier alpha value is -1.58. The van der Waals surface area contributed by atoms with Gasteiger partial charge in [-0.05, 0) is 101 Å². The summed E-state index contributed by atoms with van der Waals surface area (Å²) in [5.41, 5.74) is 1.57. The van der Waals surface area contributed by atoms with Crippen molar-refractivity contribution in [1.29, 1.82) is 0 Å². The van der Waals surface area contributed by atoms with Crippen molar-refractivity contribution in [3.05, 3.63) is 60.2 Å². The Morgan fingerprint density at radius 2 is 2.07 bits per heavy atom. The number of rotatable bonds is 7. The zero-order valence-electron chi connectivity index (χ0n) is 16.7. The van der Waals surface area contributed by atoms with Crippen LogP contribution in [-0.2, 0) is 9.53 Å². The lowest BCUT2D eigenvalue weighted by molar-refractivity contribution is -0.129. The van der Waals surface area contributed by atoms with E-state index in [-0.39, 0.29) is 17.7 Å². The number of benzene rings is 2. The highest BCUT2D eigenvalue weighted by Gasteiger charge is 2.25. The number of carbonyl (C=O) groups is 1. The molecular weight excluding hydrogens is 585 g/mol. The number of esters is 1. The monoisotopic (exact) mass is 603 g/mol. The van der Waals surface area contributed by atoms with E-state index in [2.05, 4.69) is 43.5 Å². The van der Waals surface area contributed by atoms with E-state index < -0.39 is 5.97 Å². The van der Waals surface area contributed by atoms with E-state index >= 15 is 0 Å². The van der Waals surface area contributed by atoms with Crippen molar-refractivity contribution < 1.29 is 19.0 Å². The second-order valence-electron chi connectivity index (χ2n) is 6.56. The van der Waals surface area contributed by atoms with Gasteiger partial charge < -0.3 is 14.2 Å². The maximum absolute atomic E-state index is 12.4. The Kier molecular flexibility index (Phi) is 7.81. The molecule has 1 unspecified atom stereocenters. The molecule has 1 aliphatic rings. The van der Waals surface area contributed by atoms with Crippen LogP contribution >= 0.6 is 50.1 Å². The van der Waals surface area contributed by atoms with E-state index in [1.54, 1.807) is 18.2 Å². The molecule has 5 nitrogen and oxygen atoms in total. The molecule has 0 bridgehead atoms. The second-order valence-corrected chi connectivity index (χ2v) is 8.99. The molecule has 0 aliphatic carbocycles. The summed E-state index contributed by atoms with van der Waals surface area (Å²) in [7, 11) is 0. The molecule has 0 spiro atoms. The van der Waals surface area contributed by atoms with E-state index in [4.69, 9.17) is 25.8 Å². The van der Waals surface area contributed by atoms with Crippen molar-refractivity contribution in [2.45, 2.75) is 33.3 Å². The normalized spacial score (nSPS) is 15.7. The van der Waals surface area contributed by atoms with E-state index in [1.165, 1.54) is 0 Å². The van der Waals surface area contributed by atoms with Crippen LogP contribution in [0, 0.1) is 3.57 Å².